The molecule has 0 radical (unpaired) electrons. The van der Waals surface area contributed by atoms with E-state index in [9.17, 15) is 14.0 Å². The summed E-state index contributed by atoms with van der Waals surface area (Å²) < 4.78 is 19.2. The zero-order valence-corrected chi connectivity index (χ0v) is 13.2. The van der Waals surface area contributed by atoms with Crippen LogP contribution < -0.4 is 10.9 Å². The monoisotopic (exact) mass is 330 g/mol. The highest BCUT2D eigenvalue weighted by molar-refractivity contribution is 5.82. The number of hydrogen-bond donors (Lipinski definition) is 1. The largest absolute Gasteiger partial charge is 0.360 e. The van der Waals surface area contributed by atoms with Gasteiger partial charge in [0.2, 0.25) is 5.91 Å². The van der Waals surface area contributed by atoms with Crippen LogP contribution in [0.15, 0.2) is 33.6 Å². The third kappa shape index (κ3) is 3.03. The van der Waals surface area contributed by atoms with Crippen molar-refractivity contribution in [1.82, 2.24) is 20.3 Å². The second-order valence-electron chi connectivity index (χ2n) is 5.42. The molecule has 2 heterocycles. The first kappa shape index (κ1) is 15.9. The van der Waals surface area contributed by atoms with Crippen LogP contribution >= 0.6 is 0 Å². The summed E-state index contributed by atoms with van der Waals surface area (Å²) in [6.45, 7) is 3.32. The fourth-order valence-electron chi connectivity index (χ4n) is 2.49. The number of halogens is 1. The average Bonchev–Trinajstić information content (AvgIpc) is 2.93. The summed E-state index contributed by atoms with van der Waals surface area (Å²) in [7, 11) is 0. The van der Waals surface area contributed by atoms with Crippen LogP contribution in [0.5, 0.6) is 0 Å². The number of carbonyl (C=O) groups excluding carboxylic acids is 1. The van der Waals surface area contributed by atoms with Crippen LogP contribution in [0.3, 0.4) is 0 Å². The Bertz CT molecular complexity index is 977. The Morgan fingerprint density at radius 2 is 2.17 bits per heavy atom. The molecule has 0 saturated carbocycles. The topological polar surface area (TPSA) is 90.0 Å². The van der Waals surface area contributed by atoms with E-state index in [-0.39, 0.29) is 24.4 Å². The lowest BCUT2D eigenvalue weighted by atomic mass is 10.2. The van der Waals surface area contributed by atoms with Crippen molar-refractivity contribution in [2.75, 3.05) is 0 Å². The minimum atomic E-state index is -0.492. The molecule has 3 rings (SSSR count). The van der Waals surface area contributed by atoms with Gasteiger partial charge in [0.05, 0.1) is 11.1 Å². The summed E-state index contributed by atoms with van der Waals surface area (Å²) >= 11 is 0. The summed E-state index contributed by atoms with van der Waals surface area (Å²) in [4.78, 5) is 24.3. The Morgan fingerprint density at radius 1 is 1.38 bits per heavy atom. The van der Waals surface area contributed by atoms with E-state index in [2.05, 4.69) is 15.6 Å². The predicted molar refractivity (Wildman–Crippen MR) is 83.8 cm³/mol. The van der Waals surface area contributed by atoms with E-state index in [0.29, 0.717) is 22.4 Å². The molecule has 2 aromatic heterocycles. The smallest absolute Gasteiger partial charge is 0.297 e. The molecule has 0 spiro atoms. The van der Waals surface area contributed by atoms with Gasteiger partial charge in [0.25, 0.3) is 5.56 Å². The number of nitrogens with one attached hydrogen (secondary N) is 1. The molecule has 0 aliphatic carbocycles. The first-order valence-corrected chi connectivity index (χ1v) is 7.30. The Kier molecular flexibility index (Phi) is 4.11. The number of aryl methyl sites for hydroxylation is 2. The second-order valence-corrected chi connectivity index (χ2v) is 5.42. The maximum atomic E-state index is 13.1. The molecule has 0 saturated heterocycles. The molecule has 7 nitrogen and oxygen atoms in total. The molecule has 1 aromatic carbocycles. The first-order chi connectivity index (χ1) is 11.5. The van der Waals surface area contributed by atoms with Gasteiger partial charge in [-0.05, 0) is 31.5 Å². The van der Waals surface area contributed by atoms with Gasteiger partial charge in [-0.15, -0.1) is 0 Å². The van der Waals surface area contributed by atoms with E-state index >= 15 is 0 Å². The molecule has 0 aliphatic heterocycles. The number of fused-ring (bicyclic) bond motifs is 1. The van der Waals surface area contributed by atoms with Crippen molar-refractivity contribution in [3.05, 3.63) is 57.5 Å². The lowest BCUT2D eigenvalue weighted by Crippen LogP contribution is -2.34. The average molecular weight is 330 g/mol. The highest BCUT2D eigenvalue weighted by Crippen LogP contribution is 2.16. The van der Waals surface area contributed by atoms with E-state index in [1.54, 1.807) is 26.0 Å². The SMILES string of the molecule is Cc1nn(CC(=O)NCc2cccc(F)c2)c(=O)c2noc(C)c12. The van der Waals surface area contributed by atoms with Crippen LogP contribution in [0.2, 0.25) is 0 Å². The van der Waals surface area contributed by atoms with E-state index in [1.807, 2.05) is 0 Å². The molecule has 3 aromatic rings. The summed E-state index contributed by atoms with van der Waals surface area (Å²) in [6, 6.07) is 5.92. The fraction of sp³-hybridized carbons (Fsp3) is 0.250. The highest BCUT2D eigenvalue weighted by atomic mass is 19.1. The number of nitrogens with zero attached hydrogens (tertiary/aromatic N) is 3. The van der Waals surface area contributed by atoms with Crippen LogP contribution in [0.1, 0.15) is 17.0 Å². The van der Waals surface area contributed by atoms with Gasteiger partial charge < -0.3 is 9.84 Å². The van der Waals surface area contributed by atoms with Crippen LogP contribution in [0, 0.1) is 19.7 Å². The van der Waals surface area contributed by atoms with Gasteiger partial charge in [0.15, 0.2) is 5.52 Å². The number of carbonyl (C=O) groups is 1. The number of hydrogen-bond acceptors (Lipinski definition) is 5. The van der Waals surface area contributed by atoms with Gasteiger partial charge >= 0.3 is 0 Å². The third-order valence-electron chi connectivity index (χ3n) is 3.60. The molecule has 0 fully saturated rings. The van der Waals surface area contributed by atoms with E-state index in [0.717, 1.165) is 4.68 Å². The molecule has 0 aliphatic rings. The summed E-state index contributed by atoms with van der Waals surface area (Å²) in [6.07, 6.45) is 0. The van der Waals surface area contributed by atoms with Crippen molar-refractivity contribution in [3.8, 4) is 0 Å². The highest BCUT2D eigenvalue weighted by Gasteiger charge is 2.16. The van der Waals surface area contributed by atoms with Gasteiger partial charge in [0, 0.05) is 6.54 Å². The quantitative estimate of drug-likeness (QED) is 0.782. The van der Waals surface area contributed by atoms with Crippen molar-refractivity contribution >= 4 is 16.8 Å². The Hall–Kier alpha value is -3.03. The minimum absolute atomic E-state index is 0.151. The Labute approximate surface area is 136 Å². The standard InChI is InChI=1S/C16H15FN4O3/c1-9-14-10(2)24-20-15(14)16(23)21(19-9)8-13(22)18-7-11-4-3-5-12(17)6-11/h3-6H,7-8H2,1-2H3,(H,18,22). The molecule has 8 heteroatoms. The van der Waals surface area contributed by atoms with Gasteiger partial charge in [-0.25, -0.2) is 9.07 Å². The summed E-state index contributed by atoms with van der Waals surface area (Å²) in [5.74, 6) is -0.273. The van der Waals surface area contributed by atoms with Crippen LogP contribution in [-0.2, 0) is 17.9 Å². The van der Waals surface area contributed by atoms with E-state index in [1.165, 1.54) is 12.1 Å². The minimum Gasteiger partial charge on any atom is -0.360 e. The molecular formula is C16H15FN4O3. The van der Waals surface area contributed by atoms with Crippen molar-refractivity contribution in [3.63, 3.8) is 0 Å². The van der Waals surface area contributed by atoms with Crippen molar-refractivity contribution in [1.29, 1.82) is 0 Å². The number of aromatic nitrogens is 3. The maximum Gasteiger partial charge on any atom is 0.297 e. The molecule has 24 heavy (non-hydrogen) atoms. The third-order valence-corrected chi connectivity index (χ3v) is 3.60. The second kappa shape index (κ2) is 6.23. The van der Waals surface area contributed by atoms with E-state index < -0.39 is 11.5 Å². The van der Waals surface area contributed by atoms with Gasteiger partial charge in [-0.1, -0.05) is 17.3 Å². The molecule has 0 bridgehead atoms. The lowest BCUT2D eigenvalue weighted by Gasteiger charge is -2.08. The Balaban J connectivity index is 1.76. The first-order valence-electron chi connectivity index (χ1n) is 7.30. The van der Waals surface area contributed by atoms with Crippen LogP contribution in [0.4, 0.5) is 4.39 Å². The zero-order chi connectivity index (χ0) is 17.3. The Morgan fingerprint density at radius 3 is 2.92 bits per heavy atom. The van der Waals surface area contributed by atoms with Crippen molar-refractivity contribution < 1.29 is 13.7 Å². The number of amides is 1. The van der Waals surface area contributed by atoms with Crippen molar-refractivity contribution in [2.45, 2.75) is 26.9 Å². The predicted octanol–water partition coefficient (Wildman–Crippen LogP) is 1.46. The molecule has 0 atom stereocenters. The molecular weight excluding hydrogens is 315 g/mol. The molecule has 1 N–H and O–H groups in total. The van der Waals surface area contributed by atoms with Gasteiger partial charge in [0.1, 0.15) is 18.1 Å². The van der Waals surface area contributed by atoms with Gasteiger partial charge in [-0.3, -0.25) is 9.59 Å². The molecule has 124 valence electrons. The molecule has 1 amide bonds. The van der Waals surface area contributed by atoms with Crippen LogP contribution in [0.25, 0.3) is 10.9 Å². The van der Waals surface area contributed by atoms with Crippen LogP contribution in [-0.4, -0.2) is 20.8 Å². The normalized spacial score (nSPS) is 11.0. The summed E-state index contributed by atoms with van der Waals surface area (Å²) in [5, 5.41) is 11.0. The van der Waals surface area contributed by atoms with Crippen molar-refractivity contribution in [2.24, 2.45) is 0 Å². The summed E-state index contributed by atoms with van der Waals surface area (Å²) in [5.41, 5.74) is 0.843. The van der Waals surface area contributed by atoms with Gasteiger partial charge in [-0.2, -0.15) is 5.10 Å². The van der Waals surface area contributed by atoms with E-state index in [4.69, 9.17) is 4.52 Å². The maximum absolute atomic E-state index is 13.1. The number of rotatable bonds is 4. The fourth-order valence-corrected chi connectivity index (χ4v) is 2.49. The molecule has 0 unspecified atom stereocenters. The lowest BCUT2D eigenvalue weighted by molar-refractivity contribution is -0.122. The number of benzene rings is 1. The zero-order valence-electron chi connectivity index (χ0n) is 13.2.